The molecule has 0 saturated carbocycles. The number of rotatable bonds is 5. The topological polar surface area (TPSA) is 43.8 Å². The van der Waals surface area contributed by atoms with Gasteiger partial charge in [0.05, 0.1) is 6.42 Å². The first-order valence-corrected chi connectivity index (χ1v) is 7.90. The van der Waals surface area contributed by atoms with Crippen molar-refractivity contribution in [2.45, 2.75) is 19.4 Å². The molecule has 0 aromatic heterocycles. The van der Waals surface area contributed by atoms with E-state index in [1.807, 2.05) is 19.1 Å². The van der Waals surface area contributed by atoms with Gasteiger partial charge < -0.3 is 10.0 Å². The van der Waals surface area contributed by atoms with Gasteiger partial charge >= 0.3 is 5.97 Å². The number of piperazine rings is 1. The van der Waals surface area contributed by atoms with Crippen molar-refractivity contribution in [1.82, 2.24) is 9.80 Å². The third kappa shape index (κ3) is 4.49. The number of carboxylic acids is 1. The molecule has 0 aliphatic carbocycles. The average Bonchev–Trinajstić information content (AvgIpc) is 2.45. The van der Waals surface area contributed by atoms with Gasteiger partial charge in [-0.15, -0.1) is 0 Å². The van der Waals surface area contributed by atoms with Gasteiger partial charge in [0.25, 0.3) is 0 Å². The van der Waals surface area contributed by atoms with Gasteiger partial charge in [-0.2, -0.15) is 0 Å². The molecular formula is C15H20BrFN2O2. The molecule has 1 atom stereocenters. The summed E-state index contributed by atoms with van der Waals surface area (Å²) in [5, 5.41) is 8.70. The number of nitrogens with zero attached hydrogens (tertiary/aromatic N) is 2. The summed E-state index contributed by atoms with van der Waals surface area (Å²) in [6, 6.07) is 5.20. The molecule has 2 rings (SSSR count). The molecule has 1 N–H and O–H groups in total. The Balaban J connectivity index is 1.90. The molecular weight excluding hydrogens is 339 g/mol. The van der Waals surface area contributed by atoms with Gasteiger partial charge in [0, 0.05) is 48.8 Å². The van der Waals surface area contributed by atoms with E-state index >= 15 is 0 Å². The number of halogens is 2. The fourth-order valence-electron chi connectivity index (χ4n) is 2.67. The van der Waals surface area contributed by atoms with Gasteiger partial charge in [0.1, 0.15) is 5.82 Å². The third-order valence-electron chi connectivity index (χ3n) is 4.01. The second-order valence-corrected chi connectivity index (χ2v) is 6.28. The van der Waals surface area contributed by atoms with Crippen molar-refractivity contribution < 1.29 is 14.3 Å². The summed E-state index contributed by atoms with van der Waals surface area (Å²) in [7, 11) is 0. The van der Waals surface area contributed by atoms with Gasteiger partial charge in [-0.3, -0.25) is 9.69 Å². The van der Waals surface area contributed by atoms with E-state index in [0.717, 1.165) is 30.7 Å². The predicted molar refractivity (Wildman–Crippen MR) is 82.8 cm³/mol. The van der Waals surface area contributed by atoms with Crippen LogP contribution in [-0.4, -0.2) is 53.6 Å². The smallest absolute Gasteiger partial charge is 0.304 e. The molecule has 1 aromatic carbocycles. The van der Waals surface area contributed by atoms with Crippen LogP contribution in [0.3, 0.4) is 0 Å². The molecule has 116 valence electrons. The summed E-state index contributed by atoms with van der Waals surface area (Å²) in [6.07, 6.45) is 0.177. The summed E-state index contributed by atoms with van der Waals surface area (Å²) < 4.78 is 14.8. The normalized spacial score (nSPS) is 18.6. The molecule has 21 heavy (non-hydrogen) atoms. The van der Waals surface area contributed by atoms with Gasteiger partial charge in [0.2, 0.25) is 0 Å². The van der Waals surface area contributed by atoms with Crippen LogP contribution >= 0.6 is 15.9 Å². The lowest BCUT2D eigenvalue weighted by atomic mass is 10.1. The fourth-order valence-corrected chi connectivity index (χ4v) is 3.00. The minimum atomic E-state index is -0.761. The van der Waals surface area contributed by atoms with Crippen LogP contribution in [-0.2, 0) is 4.79 Å². The van der Waals surface area contributed by atoms with Crippen LogP contribution in [0.15, 0.2) is 22.7 Å². The first-order chi connectivity index (χ1) is 9.97. The fraction of sp³-hybridized carbons (Fsp3) is 0.533. The van der Waals surface area contributed by atoms with Gasteiger partial charge in [-0.1, -0.05) is 22.0 Å². The van der Waals surface area contributed by atoms with Crippen molar-refractivity contribution in [2.75, 3.05) is 32.7 Å². The van der Waals surface area contributed by atoms with E-state index in [1.54, 1.807) is 0 Å². The molecule has 0 bridgehead atoms. The standard InChI is InChI=1S/C15H20BrFN2O2/c1-11(13-3-2-12(16)10-14(13)17)19-8-6-18(7-9-19)5-4-15(20)21/h2-3,10-11H,4-9H2,1H3,(H,20,21). The van der Waals surface area contributed by atoms with Crippen LogP contribution in [0.25, 0.3) is 0 Å². The second kappa shape index (κ2) is 7.33. The summed E-state index contributed by atoms with van der Waals surface area (Å²) in [6.45, 7) is 5.92. The van der Waals surface area contributed by atoms with Crippen LogP contribution in [0.5, 0.6) is 0 Å². The summed E-state index contributed by atoms with van der Waals surface area (Å²) in [5.41, 5.74) is 0.706. The zero-order valence-corrected chi connectivity index (χ0v) is 13.6. The lowest BCUT2D eigenvalue weighted by Crippen LogP contribution is -2.47. The summed E-state index contributed by atoms with van der Waals surface area (Å²) in [5.74, 6) is -0.951. The van der Waals surface area contributed by atoms with Crippen molar-refractivity contribution >= 4 is 21.9 Å². The van der Waals surface area contributed by atoms with Gasteiger partial charge in [-0.25, -0.2) is 4.39 Å². The molecule has 1 aromatic rings. The van der Waals surface area contributed by atoms with Crippen LogP contribution < -0.4 is 0 Å². The van der Waals surface area contributed by atoms with Crippen molar-refractivity contribution in [3.05, 3.63) is 34.1 Å². The maximum absolute atomic E-state index is 14.0. The molecule has 4 nitrogen and oxygen atoms in total. The Morgan fingerprint density at radius 2 is 2.05 bits per heavy atom. The minimum absolute atomic E-state index is 0.0275. The Morgan fingerprint density at radius 1 is 1.38 bits per heavy atom. The Bertz CT molecular complexity index is 504. The van der Waals surface area contributed by atoms with Crippen LogP contribution in [0.4, 0.5) is 4.39 Å². The molecule has 0 radical (unpaired) electrons. The highest BCUT2D eigenvalue weighted by molar-refractivity contribution is 9.10. The molecule has 1 unspecified atom stereocenters. The second-order valence-electron chi connectivity index (χ2n) is 5.36. The maximum atomic E-state index is 14.0. The number of hydrogen-bond acceptors (Lipinski definition) is 3. The van der Waals surface area contributed by atoms with Crippen molar-refractivity contribution in [2.24, 2.45) is 0 Å². The lowest BCUT2D eigenvalue weighted by molar-refractivity contribution is -0.137. The molecule has 1 aliphatic heterocycles. The molecule has 1 fully saturated rings. The van der Waals surface area contributed by atoms with Gasteiger partial charge in [0.15, 0.2) is 0 Å². The lowest BCUT2D eigenvalue weighted by Gasteiger charge is -2.38. The average molecular weight is 359 g/mol. The minimum Gasteiger partial charge on any atom is -0.481 e. The summed E-state index contributed by atoms with van der Waals surface area (Å²) in [4.78, 5) is 15.0. The van der Waals surface area contributed by atoms with Gasteiger partial charge in [-0.05, 0) is 19.1 Å². The molecule has 1 heterocycles. The van der Waals surface area contributed by atoms with Crippen LogP contribution in [0.1, 0.15) is 24.9 Å². The Morgan fingerprint density at radius 3 is 2.62 bits per heavy atom. The predicted octanol–water partition coefficient (Wildman–Crippen LogP) is 2.74. The zero-order valence-electron chi connectivity index (χ0n) is 12.1. The summed E-state index contributed by atoms with van der Waals surface area (Å²) >= 11 is 3.27. The number of carboxylic acid groups (broad SMARTS) is 1. The van der Waals surface area contributed by atoms with E-state index in [9.17, 15) is 9.18 Å². The molecule has 1 saturated heterocycles. The van der Waals surface area contributed by atoms with Crippen molar-refractivity contribution in [1.29, 1.82) is 0 Å². The Hall–Kier alpha value is -0.980. The monoisotopic (exact) mass is 358 g/mol. The highest BCUT2D eigenvalue weighted by atomic mass is 79.9. The number of aliphatic carboxylic acids is 1. The molecule has 0 amide bonds. The van der Waals surface area contributed by atoms with E-state index in [0.29, 0.717) is 12.1 Å². The number of carbonyl (C=O) groups is 1. The number of benzene rings is 1. The van der Waals surface area contributed by atoms with E-state index < -0.39 is 5.97 Å². The first kappa shape index (κ1) is 16.4. The van der Waals surface area contributed by atoms with E-state index in [1.165, 1.54) is 6.07 Å². The first-order valence-electron chi connectivity index (χ1n) is 7.10. The zero-order chi connectivity index (χ0) is 15.4. The van der Waals surface area contributed by atoms with E-state index in [-0.39, 0.29) is 18.3 Å². The maximum Gasteiger partial charge on any atom is 0.304 e. The molecule has 6 heteroatoms. The van der Waals surface area contributed by atoms with E-state index in [2.05, 4.69) is 25.7 Å². The Kier molecular flexibility index (Phi) is 5.72. The molecule has 0 spiro atoms. The van der Waals surface area contributed by atoms with Crippen LogP contribution in [0, 0.1) is 5.82 Å². The van der Waals surface area contributed by atoms with Crippen LogP contribution in [0.2, 0.25) is 0 Å². The quantitative estimate of drug-likeness (QED) is 0.878. The highest BCUT2D eigenvalue weighted by Gasteiger charge is 2.23. The third-order valence-corrected chi connectivity index (χ3v) is 4.50. The largest absolute Gasteiger partial charge is 0.481 e. The Labute approximate surface area is 132 Å². The van der Waals surface area contributed by atoms with Crippen molar-refractivity contribution in [3.8, 4) is 0 Å². The SMILES string of the molecule is CC(c1ccc(Br)cc1F)N1CCN(CCC(=O)O)CC1. The molecule has 1 aliphatic rings. The highest BCUT2D eigenvalue weighted by Crippen LogP contribution is 2.26. The van der Waals surface area contributed by atoms with Crippen molar-refractivity contribution in [3.63, 3.8) is 0 Å². The van der Waals surface area contributed by atoms with E-state index in [4.69, 9.17) is 5.11 Å². The number of hydrogen-bond donors (Lipinski definition) is 1.